The molecular weight excluding hydrogens is 230 g/mol. The van der Waals surface area contributed by atoms with Gasteiger partial charge in [0.05, 0.1) is 6.54 Å². The Hall–Kier alpha value is -1.10. The molecule has 3 atom stereocenters. The van der Waals surface area contributed by atoms with Crippen LogP contribution >= 0.6 is 0 Å². The molecule has 2 amide bonds. The predicted molar refractivity (Wildman–Crippen MR) is 70.7 cm³/mol. The molecule has 3 unspecified atom stereocenters. The second kappa shape index (κ2) is 5.69. The maximum absolute atomic E-state index is 12.2. The predicted octanol–water partition coefficient (Wildman–Crippen LogP) is 0.248. The normalized spacial score (nSPS) is 30.6. The van der Waals surface area contributed by atoms with Gasteiger partial charge >= 0.3 is 0 Å². The lowest BCUT2D eigenvalue weighted by molar-refractivity contribution is -0.134. The first kappa shape index (κ1) is 15.0. The Labute approximate surface area is 109 Å². The smallest absolute Gasteiger partial charge is 0.239 e. The van der Waals surface area contributed by atoms with Gasteiger partial charge in [0, 0.05) is 19.0 Å². The molecule has 0 radical (unpaired) electrons. The summed E-state index contributed by atoms with van der Waals surface area (Å²) in [4.78, 5) is 23.3. The van der Waals surface area contributed by atoms with Gasteiger partial charge in [-0.15, -0.1) is 0 Å². The summed E-state index contributed by atoms with van der Waals surface area (Å²) >= 11 is 0. The van der Waals surface area contributed by atoms with E-state index in [-0.39, 0.29) is 35.7 Å². The van der Waals surface area contributed by atoms with Crippen molar-refractivity contribution in [2.45, 2.75) is 39.7 Å². The molecule has 4 N–H and O–H groups in total. The monoisotopic (exact) mass is 255 g/mol. The molecule has 1 fully saturated rings. The van der Waals surface area contributed by atoms with E-state index < -0.39 is 0 Å². The summed E-state index contributed by atoms with van der Waals surface area (Å²) in [6, 6.07) is 0.156. The van der Waals surface area contributed by atoms with Crippen molar-refractivity contribution in [1.82, 2.24) is 10.6 Å². The summed E-state index contributed by atoms with van der Waals surface area (Å²) in [6.45, 7) is 6.31. The number of hydrogen-bond acceptors (Lipinski definition) is 3. The van der Waals surface area contributed by atoms with Gasteiger partial charge in [-0.1, -0.05) is 20.8 Å². The summed E-state index contributed by atoms with van der Waals surface area (Å²) < 4.78 is 0. The first-order valence-electron chi connectivity index (χ1n) is 6.54. The lowest BCUT2D eigenvalue weighted by atomic mass is 9.61. The lowest BCUT2D eigenvalue weighted by Gasteiger charge is -2.46. The average Bonchev–Trinajstić information content (AvgIpc) is 2.32. The zero-order valence-corrected chi connectivity index (χ0v) is 11.7. The third-order valence-corrected chi connectivity index (χ3v) is 4.52. The average molecular weight is 255 g/mol. The highest BCUT2D eigenvalue weighted by molar-refractivity contribution is 5.86. The Morgan fingerprint density at radius 1 is 1.33 bits per heavy atom. The molecular formula is C13H25N3O2. The van der Waals surface area contributed by atoms with Gasteiger partial charge in [0.2, 0.25) is 11.8 Å². The molecule has 1 aliphatic carbocycles. The van der Waals surface area contributed by atoms with E-state index in [2.05, 4.69) is 31.4 Å². The van der Waals surface area contributed by atoms with Crippen LogP contribution < -0.4 is 16.4 Å². The number of hydrogen-bond donors (Lipinski definition) is 3. The Bertz CT molecular complexity index is 328. The highest BCUT2D eigenvalue weighted by Crippen LogP contribution is 2.44. The Kier molecular flexibility index (Phi) is 4.73. The zero-order chi connectivity index (χ0) is 13.9. The van der Waals surface area contributed by atoms with Crippen LogP contribution in [-0.4, -0.2) is 31.4 Å². The van der Waals surface area contributed by atoms with Gasteiger partial charge in [-0.05, 0) is 24.2 Å². The molecule has 0 bridgehead atoms. The molecule has 1 aliphatic rings. The number of likely N-dealkylation sites (N-methyl/N-ethyl adjacent to an activating group) is 1. The highest BCUT2D eigenvalue weighted by Gasteiger charge is 2.44. The summed E-state index contributed by atoms with van der Waals surface area (Å²) in [5.74, 6) is 0.00280. The third-order valence-electron chi connectivity index (χ3n) is 4.52. The molecule has 0 spiro atoms. The molecule has 104 valence electrons. The first-order chi connectivity index (χ1) is 8.30. The lowest BCUT2D eigenvalue weighted by Crippen LogP contribution is -2.52. The van der Waals surface area contributed by atoms with E-state index in [1.54, 1.807) is 7.05 Å². The molecule has 0 aliphatic heterocycles. The molecule has 1 saturated carbocycles. The Morgan fingerprint density at radius 3 is 2.50 bits per heavy atom. The molecule has 5 nitrogen and oxygen atoms in total. The van der Waals surface area contributed by atoms with Crippen molar-refractivity contribution in [3.05, 3.63) is 0 Å². The quantitative estimate of drug-likeness (QED) is 0.676. The number of amides is 2. The summed E-state index contributed by atoms with van der Waals surface area (Å²) in [5.41, 5.74) is 5.93. The summed E-state index contributed by atoms with van der Waals surface area (Å²) in [7, 11) is 1.56. The highest BCUT2D eigenvalue weighted by atomic mass is 16.2. The van der Waals surface area contributed by atoms with Crippen molar-refractivity contribution in [3.63, 3.8) is 0 Å². The van der Waals surface area contributed by atoms with Gasteiger partial charge in [-0.25, -0.2) is 0 Å². The van der Waals surface area contributed by atoms with Crippen LogP contribution in [0.2, 0.25) is 0 Å². The van der Waals surface area contributed by atoms with Crippen LogP contribution in [0.4, 0.5) is 0 Å². The fourth-order valence-corrected chi connectivity index (χ4v) is 2.70. The maximum Gasteiger partial charge on any atom is 0.239 e. The second-order valence-electron chi connectivity index (χ2n) is 5.79. The number of nitrogens with two attached hydrogens (primary N) is 1. The van der Waals surface area contributed by atoms with Crippen molar-refractivity contribution in [2.24, 2.45) is 23.0 Å². The van der Waals surface area contributed by atoms with Crippen LogP contribution in [0.25, 0.3) is 0 Å². The van der Waals surface area contributed by atoms with Crippen LogP contribution in [0.15, 0.2) is 0 Å². The Balaban J connectivity index is 2.65. The maximum atomic E-state index is 12.2. The molecule has 0 aromatic heterocycles. The number of nitrogens with one attached hydrogen (secondary N) is 2. The van der Waals surface area contributed by atoms with E-state index in [0.29, 0.717) is 5.92 Å². The van der Waals surface area contributed by atoms with Crippen LogP contribution in [-0.2, 0) is 9.59 Å². The molecule has 0 saturated heterocycles. The van der Waals surface area contributed by atoms with Gasteiger partial charge in [-0.3, -0.25) is 9.59 Å². The summed E-state index contributed by atoms with van der Waals surface area (Å²) in [5, 5.41) is 5.19. The van der Waals surface area contributed by atoms with Crippen LogP contribution in [0.1, 0.15) is 33.6 Å². The third kappa shape index (κ3) is 3.02. The largest absolute Gasteiger partial charge is 0.358 e. The fourth-order valence-electron chi connectivity index (χ4n) is 2.70. The topological polar surface area (TPSA) is 84.2 Å². The fraction of sp³-hybridized carbons (Fsp3) is 0.846. The van der Waals surface area contributed by atoms with Crippen LogP contribution in [0, 0.1) is 17.3 Å². The van der Waals surface area contributed by atoms with E-state index >= 15 is 0 Å². The van der Waals surface area contributed by atoms with E-state index in [1.807, 2.05) is 0 Å². The van der Waals surface area contributed by atoms with Crippen molar-refractivity contribution < 1.29 is 9.59 Å². The van der Waals surface area contributed by atoms with E-state index in [4.69, 9.17) is 5.73 Å². The first-order valence-corrected chi connectivity index (χ1v) is 6.54. The molecule has 0 aromatic carbocycles. The van der Waals surface area contributed by atoms with Crippen molar-refractivity contribution in [2.75, 3.05) is 13.6 Å². The van der Waals surface area contributed by atoms with Gasteiger partial charge in [-0.2, -0.15) is 0 Å². The minimum atomic E-state index is -0.179. The molecule has 0 heterocycles. The molecule has 18 heavy (non-hydrogen) atoms. The van der Waals surface area contributed by atoms with E-state index in [9.17, 15) is 9.59 Å². The van der Waals surface area contributed by atoms with Gasteiger partial charge in [0.25, 0.3) is 0 Å². The minimum Gasteiger partial charge on any atom is -0.358 e. The standard InChI is InChI=1S/C13H25N3O2/c1-8-10(14)6-5-9(13(8,2)3)12(18)16-7-11(17)15-4/h8-10H,5-7,14H2,1-4H3,(H,15,17)(H,16,18). The van der Waals surface area contributed by atoms with Crippen LogP contribution in [0.5, 0.6) is 0 Å². The van der Waals surface area contributed by atoms with E-state index in [0.717, 1.165) is 12.8 Å². The van der Waals surface area contributed by atoms with Crippen molar-refractivity contribution >= 4 is 11.8 Å². The summed E-state index contributed by atoms with van der Waals surface area (Å²) in [6.07, 6.45) is 1.65. The number of carbonyl (C=O) groups is 2. The minimum absolute atomic E-state index is 0.0395. The number of carbonyl (C=O) groups excluding carboxylic acids is 2. The van der Waals surface area contributed by atoms with Gasteiger partial charge in [0.15, 0.2) is 0 Å². The van der Waals surface area contributed by atoms with Crippen molar-refractivity contribution in [1.29, 1.82) is 0 Å². The van der Waals surface area contributed by atoms with Gasteiger partial charge < -0.3 is 16.4 Å². The SMILES string of the molecule is CNC(=O)CNC(=O)C1CCC(N)C(C)C1(C)C. The zero-order valence-electron chi connectivity index (χ0n) is 11.7. The van der Waals surface area contributed by atoms with E-state index in [1.165, 1.54) is 0 Å². The molecule has 1 rings (SSSR count). The van der Waals surface area contributed by atoms with Gasteiger partial charge in [0.1, 0.15) is 0 Å². The Morgan fingerprint density at radius 2 is 1.94 bits per heavy atom. The van der Waals surface area contributed by atoms with Crippen molar-refractivity contribution in [3.8, 4) is 0 Å². The number of rotatable bonds is 3. The molecule has 5 heteroatoms. The molecule has 0 aromatic rings. The second-order valence-corrected chi connectivity index (χ2v) is 5.79. The van der Waals surface area contributed by atoms with Crippen LogP contribution in [0.3, 0.4) is 0 Å².